The highest BCUT2D eigenvalue weighted by atomic mass is 15.3. The Hall–Kier alpha value is -1.68. The summed E-state index contributed by atoms with van der Waals surface area (Å²) >= 11 is 0. The van der Waals surface area contributed by atoms with Gasteiger partial charge in [-0.25, -0.2) is 0 Å². The van der Waals surface area contributed by atoms with E-state index in [0.29, 0.717) is 5.92 Å². The number of fused-ring (bicyclic) bond motifs is 1. The summed E-state index contributed by atoms with van der Waals surface area (Å²) in [5.41, 5.74) is 2.79. The fourth-order valence-electron chi connectivity index (χ4n) is 3.24. The first-order chi connectivity index (χ1) is 11.1. The maximum atomic E-state index is 4.40. The molecule has 0 saturated heterocycles. The van der Waals surface area contributed by atoms with Crippen LogP contribution >= 0.6 is 0 Å². The van der Waals surface area contributed by atoms with Gasteiger partial charge in [-0.3, -0.25) is 0 Å². The van der Waals surface area contributed by atoms with Gasteiger partial charge in [-0.1, -0.05) is 38.1 Å². The number of hydrogen-bond donors (Lipinski definition) is 1. The molecular formula is C19H28N4. The minimum absolute atomic E-state index is 0.254. The van der Waals surface area contributed by atoms with Gasteiger partial charge in [0.2, 0.25) is 0 Å². The molecule has 1 atom stereocenters. The monoisotopic (exact) mass is 312 g/mol. The van der Waals surface area contributed by atoms with Crippen LogP contribution in [0.1, 0.15) is 68.3 Å². The molecule has 0 fully saturated rings. The second-order valence-electron chi connectivity index (χ2n) is 6.91. The van der Waals surface area contributed by atoms with E-state index in [0.717, 1.165) is 37.6 Å². The molecule has 0 saturated carbocycles. The van der Waals surface area contributed by atoms with Gasteiger partial charge in [0.05, 0.1) is 6.04 Å². The van der Waals surface area contributed by atoms with Crippen molar-refractivity contribution in [3.8, 4) is 0 Å². The number of hydrogen-bond acceptors (Lipinski definition) is 3. The molecule has 1 N–H and O–H groups in total. The van der Waals surface area contributed by atoms with Crippen LogP contribution in [0.15, 0.2) is 24.3 Å². The Bertz CT molecular complexity index is 627. The summed E-state index contributed by atoms with van der Waals surface area (Å²) in [6.07, 6.45) is 4.60. The van der Waals surface area contributed by atoms with E-state index in [2.05, 4.69) is 65.1 Å². The quantitative estimate of drug-likeness (QED) is 0.885. The van der Waals surface area contributed by atoms with Crippen molar-refractivity contribution in [3.05, 3.63) is 47.0 Å². The molecule has 0 amide bonds. The van der Waals surface area contributed by atoms with Crippen LogP contribution in [-0.2, 0) is 19.4 Å². The summed E-state index contributed by atoms with van der Waals surface area (Å²) < 4.78 is 2.30. The molecule has 1 aliphatic rings. The molecule has 4 heteroatoms. The molecule has 0 aliphatic carbocycles. The van der Waals surface area contributed by atoms with Crippen molar-refractivity contribution in [2.24, 2.45) is 0 Å². The van der Waals surface area contributed by atoms with Crippen LogP contribution in [0.5, 0.6) is 0 Å². The Kier molecular flexibility index (Phi) is 5.11. The van der Waals surface area contributed by atoms with Crippen LogP contribution in [0.4, 0.5) is 0 Å². The van der Waals surface area contributed by atoms with E-state index in [1.807, 2.05) is 0 Å². The normalized spacial score (nSPS) is 15.7. The van der Waals surface area contributed by atoms with Crippen LogP contribution in [0.25, 0.3) is 0 Å². The molecule has 0 spiro atoms. The highest BCUT2D eigenvalue weighted by Crippen LogP contribution is 2.19. The summed E-state index contributed by atoms with van der Waals surface area (Å²) in [4.78, 5) is 0. The lowest BCUT2D eigenvalue weighted by Crippen LogP contribution is -2.25. The third-order valence-corrected chi connectivity index (χ3v) is 4.79. The van der Waals surface area contributed by atoms with Crippen LogP contribution in [0, 0.1) is 0 Å². The standard InChI is InChI=1S/C19H28N4/c1-14(2)17-9-7-16(8-10-17)11-12-20-15(3)19-22-21-18-6-4-5-13-23(18)19/h7-10,14-15,20H,4-6,11-13H2,1-3H3/t15-/m1/s1. The Balaban J connectivity index is 1.53. The molecule has 0 unspecified atom stereocenters. The van der Waals surface area contributed by atoms with E-state index in [1.165, 1.54) is 24.0 Å². The summed E-state index contributed by atoms with van der Waals surface area (Å²) in [7, 11) is 0. The molecule has 1 aromatic heterocycles. The fraction of sp³-hybridized carbons (Fsp3) is 0.579. The van der Waals surface area contributed by atoms with Crippen LogP contribution in [0.2, 0.25) is 0 Å². The number of rotatable bonds is 6. The van der Waals surface area contributed by atoms with Crippen molar-refractivity contribution in [2.75, 3.05) is 6.54 Å². The fourth-order valence-corrected chi connectivity index (χ4v) is 3.24. The van der Waals surface area contributed by atoms with Crippen molar-refractivity contribution in [1.29, 1.82) is 0 Å². The van der Waals surface area contributed by atoms with E-state index in [4.69, 9.17) is 0 Å². The predicted molar refractivity (Wildman–Crippen MR) is 93.6 cm³/mol. The lowest BCUT2D eigenvalue weighted by Gasteiger charge is -2.18. The van der Waals surface area contributed by atoms with Gasteiger partial charge < -0.3 is 9.88 Å². The van der Waals surface area contributed by atoms with Crippen molar-refractivity contribution in [1.82, 2.24) is 20.1 Å². The molecule has 0 radical (unpaired) electrons. The second kappa shape index (κ2) is 7.26. The first kappa shape index (κ1) is 16.2. The average molecular weight is 312 g/mol. The maximum absolute atomic E-state index is 4.40. The SMILES string of the molecule is CC(C)c1ccc(CCN[C@H](C)c2nnc3n2CCCC3)cc1. The Morgan fingerprint density at radius 1 is 1.09 bits per heavy atom. The minimum Gasteiger partial charge on any atom is -0.314 e. The number of nitrogens with one attached hydrogen (secondary N) is 1. The minimum atomic E-state index is 0.254. The van der Waals surface area contributed by atoms with E-state index in [9.17, 15) is 0 Å². The first-order valence-corrected chi connectivity index (χ1v) is 8.89. The Labute approximate surface area is 139 Å². The number of benzene rings is 1. The summed E-state index contributed by atoms with van der Waals surface area (Å²) in [6.45, 7) is 8.69. The van der Waals surface area contributed by atoms with Crippen molar-refractivity contribution in [3.63, 3.8) is 0 Å². The zero-order valence-corrected chi connectivity index (χ0v) is 14.5. The van der Waals surface area contributed by atoms with Gasteiger partial charge in [-0.15, -0.1) is 10.2 Å². The van der Waals surface area contributed by atoms with Crippen molar-refractivity contribution in [2.45, 2.75) is 65.0 Å². The van der Waals surface area contributed by atoms with E-state index in [-0.39, 0.29) is 6.04 Å². The van der Waals surface area contributed by atoms with Gasteiger partial charge in [0.1, 0.15) is 11.6 Å². The molecular weight excluding hydrogens is 284 g/mol. The molecule has 1 aromatic carbocycles. The largest absolute Gasteiger partial charge is 0.314 e. The smallest absolute Gasteiger partial charge is 0.149 e. The van der Waals surface area contributed by atoms with Gasteiger partial charge in [-0.2, -0.15) is 0 Å². The number of nitrogens with zero attached hydrogens (tertiary/aromatic N) is 3. The topological polar surface area (TPSA) is 42.7 Å². The number of aromatic nitrogens is 3. The molecule has 3 rings (SSSR count). The molecule has 0 bridgehead atoms. The summed E-state index contributed by atoms with van der Waals surface area (Å²) in [5.74, 6) is 2.85. The third kappa shape index (κ3) is 3.81. The zero-order valence-electron chi connectivity index (χ0n) is 14.5. The Morgan fingerprint density at radius 3 is 2.61 bits per heavy atom. The van der Waals surface area contributed by atoms with Crippen molar-refractivity contribution >= 4 is 0 Å². The average Bonchev–Trinajstić information content (AvgIpc) is 2.99. The van der Waals surface area contributed by atoms with Gasteiger partial charge >= 0.3 is 0 Å². The summed E-state index contributed by atoms with van der Waals surface area (Å²) in [5, 5.41) is 12.3. The van der Waals surface area contributed by atoms with Crippen LogP contribution in [-0.4, -0.2) is 21.3 Å². The van der Waals surface area contributed by atoms with Gasteiger partial charge in [0.15, 0.2) is 0 Å². The number of aryl methyl sites for hydroxylation is 1. The van der Waals surface area contributed by atoms with Gasteiger partial charge in [-0.05, 0) is 49.8 Å². The molecule has 23 heavy (non-hydrogen) atoms. The summed E-state index contributed by atoms with van der Waals surface area (Å²) in [6, 6.07) is 9.25. The second-order valence-corrected chi connectivity index (χ2v) is 6.91. The Morgan fingerprint density at radius 2 is 1.87 bits per heavy atom. The zero-order chi connectivity index (χ0) is 16.2. The molecule has 124 valence electrons. The van der Waals surface area contributed by atoms with E-state index in [1.54, 1.807) is 0 Å². The lowest BCUT2D eigenvalue weighted by molar-refractivity contribution is 0.467. The van der Waals surface area contributed by atoms with Gasteiger partial charge in [0, 0.05) is 13.0 Å². The molecule has 2 aromatic rings. The van der Waals surface area contributed by atoms with Gasteiger partial charge in [0.25, 0.3) is 0 Å². The first-order valence-electron chi connectivity index (χ1n) is 8.89. The third-order valence-electron chi connectivity index (χ3n) is 4.79. The van der Waals surface area contributed by atoms with Crippen LogP contribution < -0.4 is 5.32 Å². The molecule has 4 nitrogen and oxygen atoms in total. The van der Waals surface area contributed by atoms with E-state index < -0.39 is 0 Å². The lowest BCUT2D eigenvalue weighted by atomic mass is 10.0. The molecule has 1 aliphatic heterocycles. The highest BCUT2D eigenvalue weighted by molar-refractivity contribution is 5.24. The van der Waals surface area contributed by atoms with Crippen molar-refractivity contribution < 1.29 is 0 Å². The maximum Gasteiger partial charge on any atom is 0.149 e. The highest BCUT2D eigenvalue weighted by Gasteiger charge is 2.19. The molecule has 2 heterocycles. The predicted octanol–water partition coefficient (Wildman–Crippen LogP) is 3.63. The van der Waals surface area contributed by atoms with Crippen LogP contribution in [0.3, 0.4) is 0 Å². The van der Waals surface area contributed by atoms with E-state index >= 15 is 0 Å².